The predicted molar refractivity (Wildman–Crippen MR) is 104 cm³/mol. The van der Waals surface area contributed by atoms with Gasteiger partial charge in [0.1, 0.15) is 0 Å². The lowest BCUT2D eigenvalue weighted by atomic mass is 10.1. The standard InChI is InChI=1S/C20H22N2O3S/c1-13-5-4-6-16(9-13)21-18-11-26(24,25)12-19(18)22(20(21)23)17-8-7-14(2)15(3)10-17/h4-10,18-19H,11-12H2,1-3H3/t18-,19+/m1/s1. The number of rotatable bonds is 2. The molecule has 2 heterocycles. The van der Waals surface area contributed by atoms with E-state index in [0.29, 0.717) is 0 Å². The molecule has 4 rings (SSSR count). The highest BCUT2D eigenvalue weighted by Crippen LogP contribution is 2.38. The highest BCUT2D eigenvalue weighted by molar-refractivity contribution is 7.91. The van der Waals surface area contributed by atoms with E-state index < -0.39 is 9.84 Å². The molecular weight excluding hydrogens is 348 g/mol. The van der Waals surface area contributed by atoms with Crippen LogP contribution in [0.3, 0.4) is 0 Å². The van der Waals surface area contributed by atoms with Crippen LogP contribution in [-0.2, 0) is 9.84 Å². The fraction of sp³-hybridized carbons (Fsp3) is 0.350. The van der Waals surface area contributed by atoms with Crippen molar-refractivity contribution in [3.05, 3.63) is 59.2 Å². The van der Waals surface area contributed by atoms with Crippen LogP contribution in [0.1, 0.15) is 16.7 Å². The first kappa shape index (κ1) is 17.1. The van der Waals surface area contributed by atoms with E-state index >= 15 is 0 Å². The van der Waals surface area contributed by atoms with Gasteiger partial charge in [-0.15, -0.1) is 0 Å². The fourth-order valence-electron chi connectivity index (χ4n) is 3.96. The average Bonchev–Trinajstić information content (AvgIpc) is 2.99. The lowest BCUT2D eigenvalue weighted by Gasteiger charge is -2.23. The number of hydrogen-bond acceptors (Lipinski definition) is 3. The van der Waals surface area contributed by atoms with Gasteiger partial charge in [0.05, 0.1) is 23.6 Å². The van der Waals surface area contributed by atoms with Crippen LogP contribution < -0.4 is 9.80 Å². The van der Waals surface area contributed by atoms with Gasteiger partial charge in [-0.05, 0) is 61.7 Å². The molecule has 0 aliphatic carbocycles. The Morgan fingerprint density at radius 3 is 2.04 bits per heavy atom. The Balaban J connectivity index is 1.82. The molecule has 0 bridgehead atoms. The predicted octanol–water partition coefficient (Wildman–Crippen LogP) is 3.22. The summed E-state index contributed by atoms with van der Waals surface area (Å²) in [7, 11) is -3.17. The molecule has 26 heavy (non-hydrogen) atoms. The van der Waals surface area contributed by atoms with Gasteiger partial charge in [-0.3, -0.25) is 9.80 Å². The summed E-state index contributed by atoms with van der Waals surface area (Å²) >= 11 is 0. The van der Waals surface area contributed by atoms with Crippen molar-refractivity contribution in [2.24, 2.45) is 0 Å². The van der Waals surface area contributed by atoms with E-state index in [1.165, 1.54) is 0 Å². The number of benzene rings is 2. The van der Waals surface area contributed by atoms with Crippen molar-refractivity contribution in [3.8, 4) is 0 Å². The molecule has 2 saturated heterocycles. The van der Waals surface area contributed by atoms with E-state index in [9.17, 15) is 13.2 Å². The summed E-state index contributed by atoms with van der Waals surface area (Å²) in [6, 6.07) is 12.7. The van der Waals surface area contributed by atoms with Crippen LogP contribution >= 0.6 is 0 Å². The van der Waals surface area contributed by atoms with Gasteiger partial charge in [0.2, 0.25) is 0 Å². The van der Waals surface area contributed by atoms with Crippen LogP contribution in [0.15, 0.2) is 42.5 Å². The maximum atomic E-state index is 13.3. The summed E-state index contributed by atoms with van der Waals surface area (Å²) in [6.45, 7) is 5.99. The van der Waals surface area contributed by atoms with Crippen LogP contribution in [0.25, 0.3) is 0 Å². The third kappa shape index (κ3) is 2.69. The molecule has 136 valence electrons. The number of amides is 2. The Bertz CT molecular complexity index is 1000. The minimum atomic E-state index is -3.17. The third-order valence-electron chi connectivity index (χ3n) is 5.42. The van der Waals surface area contributed by atoms with E-state index in [1.807, 2.05) is 63.2 Å². The lowest BCUT2D eigenvalue weighted by molar-refractivity contribution is 0.255. The van der Waals surface area contributed by atoms with E-state index in [2.05, 4.69) is 0 Å². The lowest BCUT2D eigenvalue weighted by Crippen LogP contribution is -2.38. The molecule has 0 radical (unpaired) electrons. The van der Waals surface area contributed by atoms with Gasteiger partial charge in [-0.2, -0.15) is 0 Å². The first-order valence-electron chi connectivity index (χ1n) is 8.73. The molecule has 2 amide bonds. The van der Waals surface area contributed by atoms with Crippen molar-refractivity contribution in [2.45, 2.75) is 32.9 Å². The normalized spacial score (nSPS) is 24.2. The second kappa shape index (κ2) is 5.84. The van der Waals surface area contributed by atoms with Crippen molar-refractivity contribution >= 4 is 27.2 Å². The third-order valence-corrected chi connectivity index (χ3v) is 7.12. The molecule has 6 heteroatoms. The zero-order valence-corrected chi connectivity index (χ0v) is 16.0. The van der Waals surface area contributed by atoms with Crippen LogP contribution in [0.2, 0.25) is 0 Å². The SMILES string of the molecule is Cc1cccc(N2C(=O)N(c3ccc(C)c(C)c3)[C@H]3CS(=O)(=O)C[C@H]32)c1. The number of fused-ring (bicyclic) bond motifs is 1. The molecule has 5 nitrogen and oxygen atoms in total. The van der Waals surface area contributed by atoms with Gasteiger partial charge in [0.15, 0.2) is 9.84 Å². The Morgan fingerprint density at radius 2 is 1.46 bits per heavy atom. The second-order valence-electron chi connectivity index (χ2n) is 7.34. The second-order valence-corrected chi connectivity index (χ2v) is 9.50. The van der Waals surface area contributed by atoms with Gasteiger partial charge in [-0.25, -0.2) is 13.2 Å². The maximum absolute atomic E-state index is 13.3. The summed E-state index contributed by atoms with van der Waals surface area (Å²) in [5, 5.41) is 0. The summed E-state index contributed by atoms with van der Waals surface area (Å²) in [5.74, 6) is 0.0251. The zero-order valence-electron chi connectivity index (χ0n) is 15.1. The van der Waals surface area contributed by atoms with Gasteiger partial charge in [-0.1, -0.05) is 18.2 Å². The van der Waals surface area contributed by atoms with Gasteiger partial charge in [0, 0.05) is 11.4 Å². The van der Waals surface area contributed by atoms with Crippen LogP contribution in [0.5, 0.6) is 0 Å². The summed E-state index contributed by atoms with van der Waals surface area (Å²) < 4.78 is 24.7. The maximum Gasteiger partial charge on any atom is 0.329 e. The number of urea groups is 1. The Morgan fingerprint density at radius 1 is 0.846 bits per heavy atom. The summed E-state index contributed by atoms with van der Waals surface area (Å²) in [6.07, 6.45) is 0. The first-order chi connectivity index (χ1) is 12.3. The highest BCUT2D eigenvalue weighted by Gasteiger charge is 2.54. The van der Waals surface area contributed by atoms with Crippen molar-refractivity contribution in [2.75, 3.05) is 21.3 Å². The monoisotopic (exact) mass is 370 g/mol. The minimum absolute atomic E-state index is 0.0125. The van der Waals surface area contributed by atoms with E-state index in [0.717, 1.165) is 28.1 Å². The topological polar surface area (TPSA) is 57.7 Å². The molecule has 2 aliphatic heterocycles. The number of hydrogen-bond donors (Lipinski definition) is 0. The van der Waals surface area contributed by atoms with Crippen LogP contribution in [0, 0.1) is 20.8 Å². The summed E-state index contributed by atoms with van der Waals surface area (Å²) in [4.78, 5) is 16.6. The number of sulfone groups is 1. The van der Waals surface area contributed by atoms with Gasteiger partial charge < -0.3 is 0 Å². The fourth-order valence-corrected chi connectivity index (χ4v) is 5.88. The van der Waals surface area contributed by atoms with Crippen LogP contribution in [-0.4, -0.2) is 38.0 Å². The average molecular weight is 370 g/mol. The quantitative estimate of drug-likeness (QED) is 0.763. The molecule has 0 spiro atoms. The molecule has 0 unspecified atom stereocenters. The molecule has 2 aliphatic rings. The van der Waals surface area contributed by atoms with Crippen molar-refractivity contribution in [1.29, 1.82) is 0 Å². The Kier molecular flexibility index (Phi) is 3.84. The van der Waals surface area contributed by atoms with Gasteiger partial charge in [0.25, 0.3) is 0 Å². The number of nitrogens with zero attached hydrogens (tertiary/aromatic N) is 2. The molecule has 0 aromatic heterocycles. The Hall–Kier alpha value is -2.34. The van der Waals surface area contributed by atoms with Crippen molar-refractivity contribution in [3.63, 3.8) is 0 Å². The van der Waals surface area contributed by atoms with E-state index in [-0.39, 0.29) is 29.6 Å². The van der Waals surface area contributed by atoms with Crippen molar-refractivity contribution in [1.82, 2.24) is 0 Å². The molecule has 2 atom stereocenters. The van der Waals surface area contributed by atoms with Gasteiger partial charge >= 0.3 is 6.03 Å². The number of aryl methyl sites for hydroxylation is 3. The molecule has 2 aromatic carbocycles. The molecule has 2 aromatic rings. The number of carbonyl (C=O) groups excluding carboxylic acids is 1. The summed E-state index contributed by atoms with van der Waals surface area (Å²) in [5.41, 5.74) is 4.79. The molecule has 0 N–H and O–H groups in total. The Labute approximate surface area is 154 Å². The molecule has 0 saturated carbocycles. The van der Waals surface area contributed by atoms with Crippen molar-refractivity contribution < 1.29 is 13.2 Å². The highest BCUT2D eigenvalue weighted by atomic mass is 32.2. The first-order valence-corrected chi connectivity index (χ1v) is 10.6. The van der Waals surface area contributed by atoms with Crippen LogP contribution in [0.4, 0.5) is 16.2 Å². The molecular formula is C20H22N2O3S. The minimum Gasteiger partial charge on any atom is -0.288 e. The zero-order chi connectivity index (χ0) is 18.6. The number of carbonyl (C=O) groups is 1. The van der Waals surface area contributed by atoms with E-state index in [4.69, 9.17) is 0 Å². The smallest absolute Gasteiger partial charge is 0.288 e. The number of anilines is 2. The largest absolute Gasteiger partial charge is 0.329 e. The molecule has 2 fully saturated rings. The van der Waals surface area contributed by atoms with E-state index in [1.54, 1.807) is 9.80 Å².